The van der Waals surface area contributed by atoms with Gasteiger partial charge in [0.2, 0.25) is 0 Å². The summed E-state index contributed by atoms with van der Waals surface area (Å²) in [6.07, 6.45) is 3.56. The Morgan fingerprint density at radius 1 is 1.41 bits per heavy atom. The summed E-state index contributed by atoms with van der Waals surface area (Å²) in [4.78, 5) is 11.8. The second kappa shape index (κ2) is 8.80. The molecule has 0 unspecified atom stereocenters. The number of aliphatic hydroxyl groups excluding tert-OH is 1. The summed E-state index contributed by atoms with van der Waals surface area (Å²) in [5, 5.41) is 12.0. The minimum Gasteiger partial charge on any atom is -0.461 e. The summed E-state index contributed by atoms with van der Waals surface area (Å²) in [5.41, 5.74) is 7.99. The van der Waals surface area contributed by atoms with Crippen molar-refractivity contribution in [2.75, 3.05) is 33.0 Å². The van der Waals surface area contributed by atoms with E-state index in [0.29, 0.717) is 26.4 Å². The van der Waals surface area contributed by atoms with Crippen molar-refractivity contribution in [3.05, 3.63) is 23.0 Å². The zero-order valence-corrected chi connectivity index (χ0v) is 13.8. The van der Waals surface area contributed by atoms with E-state index in [0.717, 1.165) is 24.1 Å². The van der Waals surface area contributed by atoms with Gasteiger partial charge in [0.05, 0.1) is 26.4 Å². The number of nitrogens with one attached hydrogen (secondary N) is 1. The van der Waals surface area contributed by atoms with Crippen LogP contribution in [0.2, 0.25) is 0 Å². The highest BCUT2D eigenvalue weighted by Crippen LogP contribution is 2.37. The quantitative estimate of drug-likeness (QED) is 0.352. The van der Waals surface area contributed by atoms with Crippen molar-refractivity contribution < 1.29 is 19.4 Å². The van der Waals surface area contributed by atoms with Gasteiger partial charge in [-0.2, -0.15) is 0 Å². The summed E-state index contributed by atoms with van der Waals surface area (Å²) in [6, 6.07) is 0. The molecular weight excluding hydrogens is 284 g/mol. The third-order valence-corrected chi connectivity index (χ3v) is 3.36. The van der Waals surface area contributed by atoms with Gasteiger partial charge >= 0.3 is 5.97 Å². The molecule has 126 valence electrons. The largest absolute Gasteiger partial charge is 0.461 e. The van der Waals surface area contributed by atoms with Gasteiger partial charge in [-0.15, -0.1) is 0 Å². The van der Waals surface area contributed by atoms with Gasteiger partial charge in [-0.1, -0.05) is 13.8 Å². The Hall–Kier alpha value is -1.53. The number of aliphatic hydroxyl groups is 1. The molecule has 0 aromatic rings. The Labute approximate surface area is 132 Å². The Balaban J connectivity index is 2.74. The van der Waals surface area contributed by atoms with E-state index in [-0.39, 0.29) is 17.7 Å². The Morgan fingerprint density at radius 3 is 2.77 bits per heavy atom. The van der Waals surface area contributed by atoms with Crippen LogP contribution in [-0.4, -0.2) is 44.0 Å². The van der Waals surface area contributed by atoms with Crippen LogP contribution in [0, 0.1) is 5.41 Å². The fourth-order valence-corrected chi connectivity index (χ4v) is 2.48. The number of carbonyl (C=O) groups excluding carboxylic acids is 1. The normalized spacial score (nSPS) is 19.4. The van der Waals surface area contributed by atoms with Crippen LogP contribution in [0.15, 0.2) is 23.0 Å². The van der Waals surface area contributed by atoms with Crippen molar-refractivity contribution >= 4 is 5.97 Å². The molecule has 0 spiro atoms. The second-order valence-electron chi connectivity index (χ2n) is 6.11. The number of nitrogens with two attached hydrogens (primary N) is 1. The minimum absolute atomic E-state index is 0.0233. The van der Waals surface area contributed by atoms with Crippen molar-refractivity contribution in [1.29, 1.82) is 0 Å². The number of allylic oxidation sites excluding steroid dienone is 3. The average molecular weight is 312 g/mol. The summed E-state index contributed by atoms with van der Waals surface area (Å²) >= 11 is 0. The molecule has 1 aliphatic carbocycles. The molecule has 0 aliphatic heterocycles. The Morgan fingerprint density at radius 2 is 2.14 bits per heavy atom. The number of ether oxygens (including phenoxy) is 2. The van der Waals surface area contributed by atoms with E-state index in [9.17, 15) is 4.79 Å². The van der Waals surface area contributed by atoms with E-state index in [2.05, 4.69) is 19.2 Å². The van der Waals surface area contributed by atoms with E-state index in [1.807, 2.05) is 6.08 Å². The lowest BCUT2D eigenvalue weighted by molar-refractivity contribution is -0.138. The van der Waals surface area contributed by atoms with Crippen LogP contribution >= 0.6 is 0 Å². The molecule has 1 aliphatic rings. The molecule has 0 aromatic heterocycles. The Bertz CT molecular complexity index is 441. The molecule has 0 heterocycles. The zero-order chi connectivity index (χ0) is 16.6. The van der Waals surface area contributed by atoms with Gasteiger partial charge in [0.1, 0.15) is 5.70 Å². The average Bonchev–Trinajstić information content (AvgIpc) is 2.45. The monoisotopic (exact) mass is 312 g/mol. The van der Waals surface area contributed by atoms with E-state index in [4.69, 9.17) is 20.3 Å². The fraction of sp³-hybridized carbons (Fsp3) is 0.688. The number of rotatable bonds is 8. The first-order chi connectivity index (χ1) is 10.4. The number of hydrogen-bond acceptors (Lipinski definition) is 6. The van der Waals surface area contributed by atoms with Gasteiger partial charge < -0.3 is 25.6 Å². The van der Waals surface area contributed by atoms with Gasteiger partial charge in [0, 0.05) is 12.2 Å². The van der Waals surface area contributed by atoms with Crippen molar-refractivity contribution in [1.82, 2.24) is 5.32 Å². The maximum absolute atomic E-state index is 11.8. The van der Waals surface area contributed by atoms with Gasteiger partial charge in [-0.05, 0) is 36.8 Å². The molecule has 0 atom stereocenters. The molecule has 1 rings (SSSR count). The van der Waals surface area contributed by atoms with Gasteiger partial charge in [-0.25, -0.2) is 4.79 Å². The minimum atomic E-state index is -0.461. The van der Waals surface area contributed by atoms with Gasteiger partial charge in [0.15, 0.2) is 0 Å². The maximum Gasteiger partial charge on any atom is 0.354 e. The standard InChI is InChI=1S/C16H28N2O4/c1-4-22-15(20)14(17)12-9-13(11-16(2,3)10-12)18-5-7-21-8-6-19/h9,18-19H,4-8,10-11,17H2,1-3H3/b14-12-. The van der Waals surface area contributed by atoms with Crippen LogP contribution in [0.3, 0.4) is 0 Å². The van der Waals surface area contributed by atoms with Crippen LogP contribution in [0.5, 0.6) is 0 Å². The van der Waals surface area contributed by atoms with E-state index in [1.165, 1.54) is 0 Å². The van der Waals surface area contributed by atoms with Crippen LogP contribution in [-0.2, 0) is 14.3 Å². The van der Waals surface area contributed by atoms with Gasteiger partial charge in [-0.3, -0.25) is 0 Å². The number of hydrogen-bond donors (Lipinski definition) is 3. The van der Waals surface area contributed by atoms with Crippen LogP contribution in [0.25, 0.3) is 0 Å². The second-order valence-corrected chi connectivity index (χ2v) is 6.11. The lowest BCUT2D eigenvalue weighted by Gasteiger charge is -2.32. The molecule has 0 radical (unpaired) electrons. The highest BCUT2D eigenvalue weighted by Gasteiger charge is 2.28. The molecule has 6 nitrogen and oxygen atoms in total. The summed E-state index contributed by atoms with van der Waals surface area (Å²) in [6.45, 7) is 7.89. The highest BCUT2D eigenvalue weighted by atomic mass is 16.5. The van der Waals surface area contributed by atoms with Gasteiger partial charge in [0.25, 0.3) is 0 Å². The molecule has 22 heavy (non-hydrogen) atoms. The first kappa shape index (κ1) is 18.5. The molecule has 0 amide bonds. The van der Waals surface area contributed by atoms with Crippen LogP contribution in [0.1, 0.15) is 33.6 Å². The molecule has 0 saturated carbocycles. The first-order valence-corrected chi connectivity index (χ1v) is 7.68. The maximum atomic E-state index is 11.8. The third-order valence-electron chi connectivity index (χ3n) is 3.36. The SMILES string of the molecule is CCOC(=O)/C(N)=C1\C=C(NCCOCCO)CC(C)(C)C1. The summed E-state index contributed by atoms with van der Waals surface area (Å²) in [7, 11) is 0. The lowest BCUT2D eigenvalue weighted by Crippen LogP contribution is -2.29. The molecule has 0 fully saturated rings. The smallest absolute Gasteiger partial charge is 0.354 e. The zero-order valence-electron chi connectivity index (χ0n) is 13.8. The lowest BCUT2D eigenvalue weighted by atomic mass is 9.76. The van der Waals surface area contributed by atoms with E-state index < -0.39 is 5.97 Å². The third kappa shape index (κ3) is 6.07. The van der Waals surface area contributed by atoms with Crippen molar-refractivity contribution in [3.8, 4) is 0 Å². The number of carbonyl (C=O) groups is 1. The van der Waals surface area contributed by atoms with Crippen LogP contribution in [0.4, 0.5) is 0 Å². The summed E-state index contributed by atoms with van der Waals surface area (Å²) in [5.74, 6) is -0.461. The topological polar surface area (TPSA) is 93.8 Å². The molecule has 0 bridgehead atoms. The van der Waals surface area contributed by atoms with Crippen molar-refractivity contribution in [2.24, 2.45) is 11.1 Å². The molecular formula is C16H28N2O4. The Kier molecular flexibility index (Phi) is 7.41. The first-order valence-electron chi connectivity index (χ1n) is 7.68. The predicted molar refractivity (Wildman–Crippen MR) is 84.9 cm³/mol. The van der Waals surface area contributed by atoms with Crippen LogP contribution < -0.4 is 11.1 Å². The fourth-order valence-electron chi connectivity index (χ4n) is 2.48. The van der Waals surface area contributed by atoms with E-state index >= 15 is 0 Å². The summed E-state index contributed by atoms with van der Waals surface area (Å²) < 4.78 is 10.2. The molecule has 0 aromatic carbocycles. The van der Waals surface area contributed by atoms with Crippen molar-refractivity contribution in [2.45, 2.75) is 33.6 Å². The molecule has 0 saturated heterocycles. The molecule has 4 N–H and O–H groups in total. The van der Waals surface area contributed by atoms with E-state index in [1.54, 1.807) is 6.92 Å². The van der Waals surface area contributed by atoms with Crippen molar-refractivity contribution in [3.63, 3.8) is 0 Å². The highest BCUT2D eigenvalue weighted by molar-refractivity contribution is 5.89. The number of esters is 1. The molecule has 6 heteroatoms. The predicted octanol–water partition coefficient (Wildman–Crippen LogP) is 1.06.